The summed E-state index contributed by atoms with van der Waals surface area (Å²) in [5.41, 5.74) is 0.331. The molecule has 0 atom stereocenters. The number of likely N-dealkylation sites (N-methyl/N-ethyl adjacent to an activating group) is 2. The molecule has 1 N–H and O–H groups in total. The topological polar surface area (TPSA) is 69.3 Å². The SMILES string of the molecule is CN1CC(=O)N(C)c2nc(Br)[nH]c2C1=O. The van der Waals surface area contributed by atoms with Gasteiger partial charge in [-0.25, -0.2) is 4.98 Å². The fourth-order valence-corrected chi connectivity index (χ4v) is 1.78. The fourth-order valence-electron chi connectivity index (χ4n) is 1.42. The normalized spacial score (nSPS) is 16.7. The van der Waals surface area contributed by atoms with Gasteiger partial charge in [0.2, 0.25) is 5.91 Å². The van der Waals surface area contributed by atoms with Gasteiger partial charge in [-0.3, -0.25) is 14.5 Å². The molecule has 15 heavy (non-hydrogen) atoms. The standard InChI is InChI=1S/C8H9BrN4O2/c1-12-3-4(14)13(2)6-5(7(12)15)10-8(9)11-6/h3H2,1-2H3,(H,10,11). The first-order valence-electron chi connectivity index (χ1n) is 4.28. The average molecular weight is 273 g/mol. The van der Waals surface area contributed by atoms with Crippen molar-refractivity contribution in [1.29, 1.82) is 0 Å². The number of anilines is 1. The first-order chi connectivity index (χ1) is 7.00. The summed E-state index contributed by atoms with van der Waals surface area (Å²) in [6.45, 7) is 0.0666. The third kappa shape index (κ3) is 1.52. The van der Waals surface area contributed by atoms with Crippen LogP contribution in [0.3, 0.4) is 0 Å². The molecule has 0 spiro atoms. The number of halogens is 1. The quantitative estimate of drug-likeness (QED) is 0.735. The molecule has 1 aliphatic heterocycles. The van der Waals surface area contributed by atoms with Gasteiger partial charge in [0.05, 0.1) is 0 Å². The molecule has 0 aromatic carbocycles. The largest absolute Gasteiger partial charge is 0.331 e. The number of carbonyl (C=O) groups is 2. The lowest BCUT2D eigenvalue weighted by Gasteiger charge is -2.14. The van der Waals surface area contributed by atoms with E-state index in [1.165, 1.54) is 9.80 Å². The molecule has 2 heterocycles. The maximum Gasteiger partial charge on any atom is 0.274 e. The van der Waals surface area contributed by atoms with Gasteiger partial charge in [0, 0.05) is 14.1 Å². The number of amides is 2. The van der Waals surface area contributed by atoms with E-state index in [4.69, 9.17) is 0 Å². The minimum atomic E-state index is -0.235. The van der Waals surface area contributed by atoms with E-state index in [0.29, 0.717) is 16.2 Å². The van der Waals surface area contributed by atoms with Gasteiger partial charge < -0.3 is 9.88 Å². The predicted octanol–water partition coefficient (Wildman–Crippen LogP) is 0.221. The zero-order valence-corrected chi connectivity index (χ0v) is 9.83. The predicted molar refractivity (Wildman–Crippen MR) is 56.7 cm³/mol. The smallest absolute Gasteiger partial charge is 0.274 e. The number of nitrogens with one attached hydrogen (secondary N) is 1. The molecular formula is C8H9BrN4O2. The number of aromatic amines is 1. The molecule has 1 aliphatic rings. The molecule has 0 radical (unpaired) electrons. The molecule has 7 heteroatoms. The summed E-state index contributed by atoms with van der Waals surface area (Å²) in [6, 6.07) is 0. The highest BCUT2D eigenvalue weighted by Crippen LogP contribution is 2.23. The third-order valence-corrected chi connectivity index (χ3v) is 2.66. The Hall–Kier alpha value is -1.37. The van der Waals surface area contributed by atoms with Crippen LogP contribution < -0.4 is 4.90 Å². The van der Waals surface area contributed by atoms with Gasteiger partial charge in [0.15, 0.2) is 10.6 Å². The van der Waals surface area contributed by atoms with Crippen LogP contribution in [0, 0.1) is 0 Å². The number of H-pyrrole nitrogens is 1. The number of imidazole rings is 1. The minimum absolute atomic E-state index is 0.0666. The van der Waals surface area contributed by atoms with E-state index in [0.717, 1.165) is 0 Å². The maximum absolute atomic E-state index is 11.8. The Morgan fingerprint density at radius 3 is 2.73 bits per heavy atom. The fraction of sp³-hybridized carbons (Fsp3) is 0.375. The summed E-state index contributed by atoms with van der Waals surface area (Å²) in [6.07, 6.45) is 0. The second-order valence-electron chi connectivity index (χ2n) is 3.34. The molecule has 0 bridgehead atoms. The van der Waals surface area contributed by atoms with E-state index in [1.807, 2.05) is 0 Å². The molecule has 80 valence electrons. The first-order valence-corrected chi connectivity index (χ1v) is 5.07. The summed E-state index contributed by atoms with van der Waals surface area (Å²) in [5, 5.41) is 0. The number of aromatic nitrogens is 2. The van der Waals surface area contributed by atoms with Crippen LogP contribution in [0.15, 0.2) is 4.73 Å². The first kappa shape index (κ1) is 10.2. The molecule has 1 aromatic heterocycles. The number of hydrogen-bond acceptors (Lipinski definition) is 3. The Labute approximate surface area is 94.4 Å². The van der Waals surface area contributed by atoms with Gasteiger partial charge in [-0.2, -0.15) is 0 Å². The van der Waals surface area contributed by atoms with E-state index in [9.17, 15) is 9.59 Å². The van der Waals surface area contributed by atoms with Crippen LogP contribution in [0.25, 0.3) is 0 Å². The van der Waals surface area contributed by atoms with Crippen molar-refractivity contribution in [3.8, 4) is 0 Å². The van der Waals surface area contributed by atoms with Crippen LogP contribution >= 0.6 is 15.9 Å². The van der Waals surface area contributed by atoms with Crippen molar-refractivity contribution in [3.63, 3.8) is 0 Å². The monoisotopic (exact) mass is 272 g/mol. The average Bonchev–Trinajstić information content (AvgIpc) is 2.54. The van der Waals surface area contributed by atoms with E-state index >= 15 is 0 Å². The van der Waals surface area contributed by atoms with Gasteiger partial charge in [0.1, 0.15) is 12.2 Å². The summed E-state index contributed by atoms with van der Waals surface area (Å²) >= 11 is 3.14. The van der Waals surface area contributed by atoms with Gasteiger partial charge in [-0.1, -0.05) is 0 Å². The molecule has 2 amide bonds. The lowest BCUT2D eigenvalue weighted by atomic mass is 10.4. The molecule has 0 fully saturated rings. The number of nitrogens with zero attached hydrogens (tertiary/aromatic N) is 3. The van der Waals surface area contributed by atoms with Crippen molar-refractivity contribution >= 4 is 33.6 Å². The third-order valence-electron chi connectivity index (χ3n) is 2.28. The van der Waals surface area contributed by atoms with Crippen LogP contribution in [-0.2, 0) is 4.79 Å². The second-order valence-corrected chi connectivity index (χ2v) is 4.09. The van der Waals surface area contributed by atoms with Crippen LogP contribution in [0.2, 0.25) is 0 Å². The van der Waals surface area contributed by atoms with Crippen molar-refractivity contribution in [3.05, 3.63) is 10.4 Å². The van der Waals surface area contributed by atoms with Crippen molar-refractivity contribution in [2.24, 2.45) is 0 Å². The molecule has 0 saturated carbocycles. The summed E-state index contributed by atoms with van der Waals surface area (Å²) in [4.78, 5) is 33.0. The van der Waals surface area contributed by atoms with E-state index in [1.54, 1.807) is 14.1 Å². The Morgan fingerprint density at radius 1 is 1.40 bits per heavy atom. The van der Waals surface area contributed by atoms with Gasteiger partial charge in [0.25, 0.3) is 5.91 Å². The van der Waals surface area contributed by atoms with Gasteiger partial charge >= 0.3 is 0 Å². The highest BCUT2D eigenvalue weighted by molar-refractivity contribution is 9.10. The van der Waals surface area contributed by atoms with Crippen molar-refractivity contribution in [2.75, 3.05) is 25.5 Å². The molecular weight excluding hydrogens is 264 g/mol. The van der Waals surface area contributed by atoms with Crippen LogP contribution in [0.1, 0.15) is 10.5 Å². The number of fused-ring (bicyclic) bond motifs is 1. The van der Waals surface area contributed by atoms with Crippen LogP contribution in [0.4, 0.5) is 5.82 Å². The summed E-state index contributed by atoms with van der Waals surface area (Å²) < 4.78 is 0.441. The maximum atomic E-state index is 11.8. The molecule has 2 rings (SSSR count). The van der Waals surface area contributed by atoms with Crippen molar-refractivity contribution in [1.82, 2.24) is 14.9 Å². The van der Waals surface area contributed by atoms with Gasteiger partial charge in [-0.05, 0) is 15.9 Å². The molecule has 6 nitrogen and oxygen atoms in total. The van der Waals surface area contributed by atoms with Gasteiger partial charge in [-0.15, -0.1) is 0 Å². The lowest BCUT2D eigenvalue weighted by molar-refractivity contribution is -0.118. The number of carbonyl (C=O) groups excluding carboxylic acids is 2. The zero-order valence-electron chi connectivity index (χ0n) is 8.24. The molecule has 0 aliphatic carbocycles. The molecule has 0 saturated heterocycles. The van der Waals surface area contributed by atoms with Crippen LogP contribution in [-0.4, -0.2) is 47.3 Å². The highest BCUT2D eigenvalue weighted by Gasteiger charge is 2.30. The number of rotatable bonds is 0. The Balaban J connectivity index is 2.58. The molecule has 1 aromatic rings. The van der Waals surface area contributed by atoms with E-state index < -0.39 is 0 Å². The molecule has 0 unspecified atom stereocenters. The van der Waals surface area contributed by atoms with E-state index in [-0.39, 0.29) is 18.4 Å². The van der Waals surface area contributed by atoms with Crippen molar-refractivity contribution < 1.29 is 9.59 Å². The van der Waals surface area contributed by atoms with E-state index in [2.05, 4.69) is 25.9 Å². The Bertz CT molecular complexity index is 442. The van der Waals surface area contributed by atoms with Crippen LogP contribution in [0.5, 0.6) is 0 Å². The van der Waals surface area contributed by atoms with Crippen molar-refractivity contribution in [2.45, 2.75) is 0 Å². The minimum Gasteiger partial charge on any atom is -0.331 e. The lowest BCUT2D eigenvalue weighted by Crippen LogP contribution is -2.35. The Morgan fingerprint density at radius 2 is 2.07 bits per heavy atom. The second kappa shape index (κ2) is 3.34. The Kier molecular flexibility index (Phi) is 2.26. The highest BCUT2D eigenvalue weighted by atomic mass is 79.9. The number of hydrogen-bond donors (Lipinski definition) is 1. The zero-order chi connectivity index (χ0) is 11.2. The summed E-state index contributed by atoms with van der Waals surface area (Å²) in [7, 11) is 3.18. The summed E-state index contributed by atoms with van der Waals surface area (Å²) in [5.74, 6) is -0.0364.